The van der Waals surface area contributed by atoms with Gasteiger partial charge in [0.25, 0.3) is 5.91 Å². The summed E-state index contributed by atoms with van der Waals surface area (Å²) in [5.41, 5.74) is -0.211. The Labute approximate surface area is 156 Å². The summed E-state index contributed by atoms with van der Waals surface area (Å²) in [7, 11) is 1.42. The van der Waals surface area contributed by atoms with E-state index in [0.29, 0.717) is 0 Å². The van der Waals surface area contributed by atoms with Gasteiger partial charge in [-0.15, -0.1) is 0 Å². The number of nitrogens with zero attached hydrogens (tertiary/aromatic N) is 3. The lowest BCUT2D eigenvalue weighted by Gasteiger charge is -2.22. The van der Waals surface area contributed by atoms with Crippen LogP contribution in [0.2, 0.25) is 0 Å². The molecule has 0 saturated heterocycles. The van der Waals surface area contributed by atoms with Crippen LogP contribution in [0.1, 0.15) is 30.3 Å². The number of nitrogens with one attached hydrogen (secondary N) is 1. The molecular formula is C19H20N4O4. The molecule has 1 heterocycles. The topological polar surface area (TPSA) is 106 Å². The summed E-state index contributed by atoms with van der Waals surface area (Å²) in [5.74, 6) is -0.921. The highest BCUT2D eigenvalue weighted by Crippen LogP contribution is 2.39. The van der Waals surface area contributed by atoms with Crippen LogP contribution >= 0.6 is 0 Å². The maximum absolute atomic E-state index is 12.3. The van der Waals surface area contributed by atoms with Gasteiger partial charge in [-0.25, -0.2) is 9.48 Å². The molecule has 1 amide bonds. The number of amides is 1. The van der Waals surface area contributed by atoms with Crippen LogP contribution in [-0.2, 0) is 9.53 Å². The van der Waals surface area contributed by atoms with Gasteiger partial charge in [-0.3, -0.25) is 4.79 Å². The molecule has 1 aromatic carbocycles. The van der Waals surface area contributed by atoms with Gasteiger partial charge >= 0.3 is 5.97 Å². The monoisotopic (exact) mass is 368 g/mol. The molecule has 1 aromatic heterocycles. The third-order valence-electron chi connectivity index (χ3n) is 4.47. The molecule has 8 nitrogen and oxygen atoms in total. The fourth-order valence-electron chi connectivity index (χ4n) is 2.77. The minimum absolute atomic E-state index is 0.0283. The van der Waals surface area contributed by atoms with E-state index in [1.165, 1.54) is 11.8 Å². The molecule has 2 aromatic rings. The maximum atomic E-state index is 12.3. The maximum Gasteiger partial charge on any atom is 0.363 e. The Bertz CT molecular complexity index is 883. The second-order valence-electron chi connectivity index (χ2n) is 6.54. The molecule has 0 radical (unpaired) electrons. The van der Waals surface area contributed by atoms with Gasteiger partial charge in [-0.2, -0.15) is 10.4 Å². The van der Waals surface area contributed by atoms with E-state index in [0.717, 1.165) is 18.5 Å². The Hall–Kier alpha value is -3.34. The number of methoxy groups -OCH3 is 1. The van der Waals surface area contributed by atoms with E-state index in [1.807, 2.05) is 30.3 Å². The molecule has 8 heteroatoms. The quantitative estimate of drug-likeness (QED) is 0.748. The van der Waals surface area contributed by atoms with Crippen LogP contribution in [0.4, 0.5) is 0 Å². The molecule has 140 valence electrons. The Morgan fingerprint density at radius 3 is 2.67 bits per heavy atom. The number of hydrogen-bond acceptors (Lipinski definition) is 6. The average Bonchev–Trinajstić information content (AvgIpc) is 3.46. The molecule has 0 unspecified atom stereocenters. The van der Waals surface area contributed by atoms with Crippen LogP contribution in [0.3, 0.4) is 0 Å². The number of ether oxygens (including phenoxy) is 2. The number of nitriles is 1. The summed E-state index contributed by atoms with van der Waals surface area (Å²) in [6.07, 6.45) is 3.36. The number of para-hydroxylation sites is 1. The van der Waals surface area contributed by atoms with Crippen molar-refractivity contribution in [2.24, 2.45) is 5.92 Å². The van der Waals surface area contributed by atoms with Crippen LogP contribution in [0.15, 0.2) is 36.5 Å². The van der Waals surface area contributed by atoms with E-state index >= 15 is 0 Å². The Morgan fingerprint density at radius 1 is 1.37 bits per heavy atom. The van der Waals surface area contributed by atoms with Crippen LogP contribution < -0.4 is 10.1 Å². The third-order valence-corrected chi connectivity index (χ3v) is 4.47. The highest BCUT2D eigenvalue weighted by Gasteiger charge is 2.43. The molecule has 1 aliphatic rings. The van der Waals surface area contributed by atoms with Crippen LogP contribution in [0, 0.1) is 17.2 Å². The zero-order valence-corrected chi connectivity index (χ0v) is 15.1. The largest absolute Gasteiger partial charge is 0.493 e. The molecule has 0 spiro atoms. The zero-order chi connectivity index (χ0) is 19.4. The number of rotatable bonds is 7. The Morgan fingerprint density at radius 2 is 2.07 bits per heavy atom. The fourth-order valence-corrected chi connectivity index (χ4v) is 2.77. The lowest BCUT2D eigenvalue weighted by molar-refractivity contribution is -0.125. The number of carbonyl (C=O) groups is 2. The molecule has 0 bridgehead atoms. The number of carbonyl (C=O) groups excluding carboxylic acids is 2. The van der Waals surface area contributed by atoms with Gasteiger partial charge < -0.3 is 14.8 Å². The van der Waals surface area contributed by atoms with Gasteiger partial charge in [0.05, 0.1) is 25.1 Å². The van der Waals surface area contributed by atoms with Crippen LogP contribution in [0.5, 0.6) is 5.75 Å². The molecular weight excluding hydrogens is 348 g/mol. The van der Waals surface area contributed by atoms with Crippen molar-refractivity contribution in [3.05, 3.63) is 42.2 Å². The molecule has 1 saturated carbocycles. The molecule has 27 heavy (non-hydrogen) atoms. The first-order chi connectivity index (χ1) is 13.0. The number of benzene rings is 1. The lowest BCUT2D eigenvalue weighted by atomic mass is 9.98. The third kappa shape index (κ3) is 4.08. The van der Waals surface area contributed by atoms with Gasteiger partial charge in [0.15, 0.2) is 12.4 Å². The first-order valence-corrected chi connectivity index (χ1v) is 8.55. The summed E-state index contributed by atoms with van der Waals surface area (Å²) in [5, 5.41) is 16.1. The predicted molar refractivity (Wildman–Crippen MR) is 95.3 cm³/mol. The number of aromatic nitrogens is 2. The molecule has 0 aliphatic heterocycles. The standard InChI is InChI=1S/C19H20N4O4/c1-19(12-20,13-8-9-13)21-16(24)11-27-18(25)17-15(26-2)10-23(22-17)14-6-4-3-5-7-14/h3-7,10,13H,8-9,11H2,1-2H3,(H,21,24)/t19-/m0/s1. The van der Waals surface area contributed by atoms with E-state index in [2.05, 4.69) is 16.5 Å². The summed E-state index contributed by atoms with van der Waals surface area (Å²) in [6.45, 7) is 1.18. The highest BCUT2D eigenvalue weighted by atomic mass is 16.5. The first-order valence-electron chi connectivity index (χ1n) is 8.55. The van der Waals surface area contributed by atoms with Crippen molar-refractivity contribution in [3.8, 4) is 17.5 Å². The van der Waals surface area contributed by atoms with E-state index in [1.54, 1.807) is 13.1 Å². The van der Waals surface area contributed by atoms with Gasteiger partial charge in [0.2, 0.25) is 5.69 Å². The smallest absolute Gasteiger partial charge is 0.363 e. The molecule has 3 rings (SSSR count). The molecule has 1 aliphatic carbocycles. The minimum Gasteiger partial charge on any atom is -0.493 e. The van der Waals surface area contributed by atoms with Crippen molar-refractivity contribution < 1.29 is 19.1 Å². The van der Waals surface area contributed by atoms with E-state index in [-0.39, 0.29) is 17.4 Å². The average molecular weight is 368 g/mol. The zero-order valence-electron chi connectivity index (χ0n) is 15.1. The summed E-state index contributed by atoms with van der Waals surface area (Å²) < 4.78 is 11.7. The van der Waals surface area contributed by atoms with E-state index in [4.69, 9.17) is 9.47 Å². The van der Waals surface area contributed by atoms with Crippen LogP contribution in [-0.4, -0.2) is 40.9 Å². The SMILES string of the molecule is COc1cn(-c2ccccc2)nc1C(=O)OCC(=O)N[C@@](C)(C#N)C1CC1. The van der Waals surface area contributed by atoms with Gasteiger partial charge in [-0.05, 0) is 37.8 Å². The number of hydrogen-bond donors (Lipinski definition) is 1. The normalized spacial score (nSPS) is 15.3. The molecule has 1 fully saturated rings. The first kappa shape index (κ1) is 18.5. The predicted octanol–water partition coefficient (Wildman–Crippen LogP) is 1.85. The second kappa shape index (κ2) is 7.50. The van der Waals surface area contributed by atoms with Crippen molar-refractivity contribution in [2.75, 3.05) is 13.7 Å². The molecule has 1 atom stereocenters. The summed E-state index contributed by atoms with van der Waals surface area (Å²) in [4.78, 5) is 24.4. The van der Waals surface area contributed by atoms with Gasteiger partial charge in [-0.1, -0.05) is 18.2 Å². The van der Waals surface area contributed by atoms with Gasteiger partial charge in [0.1, 0.15) is 5.54 Å². The number of esters is 1. The summed E-state index contributed by atoms with van der Waals surface area (Å²) in [6, 6.07) is 11.3. The van der Waals surface area contributed by atoms with E-state index in [9.17, 15) is 14.9 Å². The minimum atomic E-state index is -0.934. The highest BCUT2D eigenvalue weighted by molar-refractivity contribution is 5.92. The van der Waals surface area contributed by atoms with Crippen molar-refractivity contribution in [3.63, 3.8) is 0 Å². The van der Waals surface area contributed by atoms with Crippen molar-refractivity contribution in [2.45, 2.75) is 25.3 Å². The van der Waals surface area contributed by atoms with E-state index < -0.39 is 24.0 Å². The van der Waals surface area contributed by atoms with Crippen molar-refractivity contribution in [1.29, 1.82) is 5.26 Å². The lowest BCUT2D eigenvalue weighted by Crippen LogP contribution is -2.48. The Balaban J connectivity index is 1.65. The second-order valence-corrected chi connectivity index (χ2v) is 6.54. The summed E-state index contributed by atoms with van der Waals surface area (Å²) >= 11 is 0. The van der Waals surface area contributed by atoms with Crippen molar-refractivity contribution >= 4 is 11.9 Å². The fraction of sp³-hybridized carbons (Fsp3) is 0.368. The van der Waals surface area contributed by atoms with Crippen molar-refractivity contribution in [1.82, 2.24) is 15.1 Å². The van der Waals surface area contributed by atoms with Gasteiger partial charge in [0, 0.05) is 0 Å². The molecule has 1 N–H and O–H groups in total. The Kier molecular flexibility index (Phi) is 5.12. The van der Waals surface area contributed by atoms with Crippen LogP contribution in [0.25, 0.3) is 5.69 Å².